The smallest absolute Gasteiger partial charge is 0.238 e. The maximum Gasteiger partial charge on any atom is 0.238 e. The standard InChI is InChI=1S/C11H14Cl2N2O3/c1-18-3-2-14-6-10(16)15-7-4-8(12)11(17)9(13)5-7/h4-5,14,17H,2-3,6H2,1H3,(H,15,16). The van der Waals surface area contributed by atoms with E-state index in [-0.39, 0.29) is 28.2 Å². The summed E-state index contributed by atoms with van der Waals surface area (Å²) in [4.78, 5) is 11.5. The van der Waals surface area contributed by atoms with Crippen LogP contribution in [-0.4, -0.2) is 37.8 Å². The van der Waals surface area contributed by atoms with Gasteiger partial charge in [0.05, 0.1) is 23.2 Å². The van der Waals surface area contributed by atoms with E-state index in [1.807, 2.05) is 0 Å². The first kappa shape index (κ1) is 15.0. The van der Waals surface area contributed by atoms with E-state index in [9.17, 15) is 9.90 Å². The molecule has 0 aromatic heterocycles. The van der Waals surface area contributed by atoms with E-state index in [4.69, 9.17) is 27.9 Å². The van der Waals surface area contributed by atoms with Crippen molar-refractivity contribution in [2.45, 2.75) is 0 Å². The van der Waals surface area contributed by atoms with Gasteiger partial charge in [0.25, 0.3) is 0 Å². The van der Waals surface area contributed by atoms with Gasteiger partial charge in [0.1, 0.15) is 0 Å². The van der Waals surface area contributed by atoms with Crippen LogP contribution in [0.5, 0.6) is 5.75 Å². The number of rotatable bonds is 6. The van der Waals surface area contributed by atoms with E-state index in [0.29, 0.717) is 18.8 Å². The van der Waals surface area contributed by atoms with Crippen molar-refractivity contribution in [2.75, 3.05) is 32.1 Å². The van der Waals surface area contributed by atoms with Crippen molar-refractivity contribution < 1.29 is 14.6 Å². The highest BCUT2D eigenvalue weighted by atomic mass is 35.5. The maximum absolute atomic E-state index is 11.5. The molecular weight excluding hydrogens is 279 g/mol. The number of anilines is 1. The zero-order chi connectivity index (χ0) is 13.5. The number of nitrogens with one attached hydrogen (secondary N) is 2. The third kappa shape index (κ3) is 4.70. The van der Waals surface area contributed by atoms with Crippen LogP contribution >= 0.6 is 23.2 Å². The van der Waals surface area contributed by atoms with E-state index in [2.05, 4.69) is 10.6 Å². The Bertz CT molecular complexity index is 404. The van der Waals surface area contributed by atoms with Crippen LogP contribution in [0.4, 0.5) is 5.69 Å². The lowest BCUT2D eigenvalue weighted by Gasteiger charge is -2.08. The molecule has 0 aliphatic heterocycles. The number of ether oxygens (including phenoxy) is 1. The number of methoxy groups -OCH3 is 1. The molecule has 18 heavy (non-hydrogen) atoms. The van der Waals surface area contributed by atoms with Gasteiger partial charge in [-0.25, -0.2) is 0 Å². The largest absolute Gasteiger partial charge is 0.505 e. The van der Waals surface area contributed by atoms with Gasteiger partial charge in [-0.3, -0.25) is 4.79 Å². The van der Waals surface area contributed by atoms with Crippen molar-refractivity contribution in [2.24, 2.45) is 0 Å². The molecule has 3 N–H and O–H groups in total. The summed E-state index contributed by atoms with van der Waals surface area (Å²) in [5.41, 5.74) is 0.432. The second-order valence-electron chi connectivity index (χ2n) is 3.51. The monoisotopic (exact) mass is 292 g/mol. The number of halogens is 2. The summed E-state index contributed by atoms with van der Waals surface area (Å²) < 4.78 is 4.83. The molecule has 0 aliphatic carbocycles. The number of phenols is 1. The van der Waals surface area contributed by atoms with Crippen LogP contribution in [0, 0.1) is 0 Å². The molecule has 1 aromatic rings. The van der Waals surface area contributed by atoms with E-state index >= 15 is 0 Å². The molecule has 0 spiro atoms. The highest BCUT2D eigenvalue weighted by Gasteiger charge is 2.08. The van der Waals surface area contributed by atoms with Gasteiger partial charge in [0.2, 0.25) is 5.91 Å². The predicted octanol–water partition coefficient (Wildman–Crippen LogP) is 1.87. The minimum absolute atomic E-state index is 0.0881. The highest BCUT2D eigenvalue weighted by molar-refractivity contribution is 6.37. The lowest BCUT2D eigenvalue weighted by Crippen LogP contribution is -2.30. The molecule has 0 aliphatic rings. The molecule has 1 amide bonds. The molecule has 1 rings (SSSR count). The van der Waals surface area contributed by atoms with E-state index in [0.717, 1.165) is 0 Å². The molecule has 100 valence electrons. The Morgan fingerprint density at radius 3 is 2.56 bits per heavy atom. The summed E-state index contributed by atoms with van der Waals surface area (Å²) in [6.07, 6.45) is 0. The van der Waals surface area contributed by atoms with E-state index < -0.39 is 0 Å². The number of benzene rings is 1. The Hall–Kier alpha value is -1.01. The Balaban J connectivity index is 2.49. The minimum Gasteiger partial charge on any atom is -0.505 e. The molecule has 0 bridgehead atoms. The third-order valence-electron chi connectivity index (χ3n) is 2.07. The second kappa shape index (κ2) is 7.43. The van der Waals surface area contributed by atoms with Crippen LogP contribution in [0.25, 0.3) is 0 Å². The van der Waals surface area contributed by atoms with Gasteiger partial charge in [0.15, 0.2) is 5.75 Å². The normalized spacial score (nSPS) is 10.4. The lowest BCUT2D eigenvalue weighted by atomic mass is 10.3. The Morgan fingerprint density at radius 1 is 1.39 bits per heavy atom. The first-order valence-electron chi connectivity index (χ1n) is 5.22. The number of phenolic OH excluding ortho intramolecular Hbond substituents is 1. The number of carbonyl (C=O) groups is 1. The fraction of sp³-hybridized carbons (Fsp3) is 0.364. The van der Waals surface area contributed by atoms with Crippen molar-refractivity contribution in [3.8, 4) is 5.75 Å². The number of amides is 1. The third-order valence-corrected chi connectivity index (χ3v) is 2.65. The Kier molecular flexibility index (Phi) is 6.21. The summed E-state index contributed by atoms with van der Waals surface area (Å²) in [5.74, 6) is -0.432. The summed E-state index contributed by atoms with van der Waals surface area (Å²) in [6, 6.07) is 2.85. The van der Waals surface area contributed by atoms with Crippen LogP contribution in [0.3, 0.4) is 0 Å². The number of aromatic hydroxyl groups is 1. The minimum atomic E-state index is -0.232. The second-order valence-corrected chi connectivity index (χ2v) is 4.32. The van der Waals surface area contributed by atoms with Gasteiger partial charge >= 0.3 is 0 Å². The summed E-state index contributed by atoms with van der Waals surface area (Å²) in [7, 11) is 1.59. The molecule has 0 atom stereocenters. The topological polar surface area (TPSA) is 70.6 Å². The lowest BCUT2D eigenvalue weighted by molar-refractivity contribution is -0.115. The fourth-order valence-electron chi connectivity index (χ4n) is 1.22. The molecule has 1 aromatic carbocycles. The molecule has 0 saturated heterocycles. The zero-order valence-corrected chi connectivity index (χ0v) is 11.3. The van der Waals surface area contributed by atoms with Crippen molar-refractivity contribution in [3.63, 3.8) is 0 Å². The van der Waals surface area contributed by atoms with Crippen LogP contribution in [0.1, 0.15) is 0 Å². The molecule has 0 saturated carbocycles. The average Bonchev–Trinajstić information content (AvgIpc) is 2.31. The van der Waals surface area contributed by atoms with Crippen molar-refractivity contribution >= 4 is 34.8 Å². The molecular formula is C11H14Cl2N2O3. The first-order valence-corrected chi connectivity index (χ1v) is 5.97. The van der Waals surface area contributed by atoms with Crippen LogP contribution in [-0.2, 0) is 9.53 Å². The molecule has 5 nitrogen and oxygen atoms in total. The zero-order valence-electron chi connectivity index (χ0n) is 9.80. The van der Waals surface area contributed by atoms with Crippen molar-refractivity contribution in [1.29, 1.82) is 0 Å². The number of hydrogen-bond donors (Lipinski definition) is 3. The quantitative estimate of drug-likeness (QED) is 0.553. The van der Waals surface area contributed by atoms with Gasteiger partial charge < -0.3 is 20.5 Å². The summed E-state index contributed by atoms with van der Waals surface area (Å²) in [6.45, 7) is 1.27. The first-order chi connectivity index (χ1) is 8.54. The fourth-order valence-corrected chi connectivity index (χ4v) is 1.71. The maximum atomic E-state index is 11.5. The highest BCUT2D eigenvalue weighted by Crippen LogP contribution is 2.34. The molecule has 0 fully saturated rings. The van der Waals surface area contributed by atoms with Gasteiger partial charge in [-0.15, -0.1) is 0 Å². The Labute approximate surface area is 115 Å². The molecule has 0 radical (unpaired) electrons. The van der Waals surface area contributed by atoms with E-state index in [1.54, 1.807) is 7.11 Å². The van der Waals surface area contributed by atoms with Crippen LogP contribution < -0.4 is 10.6 Å². The van der Waals surface area contributed by atoms with E-state index in [1.165, 1.54) is 12.1 Å². The van der Waals surface area contributed by atoms with Crippen LogP contribution in [0.15, 0.2) is 12.1 Å². The summed E-state index contributed by atoms with van der Waals surface area (Å²) >= 11 is 11.5. The van der Waals surface area contributed by atoms with Crippen LogP contribution in [0.2, 0.25) is 10.0 Å². The predicted molar refractivity (Wildman–Crippen MR) is 71.5 cm³/mol. The average molecular weight is 293 g/mol. The van der Waals surface area contributed by atoms with Crippen molar-refractivity contribution in [3.05, 3.63) is 22.2 Å². The Morgan fingerprint density at radius 2 is 2.00 bits per heavy atom. The van der Waals surface area contributed by atoms with Gasteiger partial charge in [-0.1, -0.05) is 23.2 Å². The van der Waals surface area contributed by atoms with Gasteiger partial charge in [0, 0.05) is 19.3 Å². The number of carbonyl (C=O) groups excluding carboxylic acids is 1. The van der Waals surface area contributed by atoms with Gasteiger partial charge in [-0.2, -0.15) is 0 Å². The number of hydrogen-bond acceptors (Lipinski definition) is 4. The summed E-state index contributed by atoms with van der Waals surface area (Å²) in [5, 5.41) is 15.0. The molecule has 0 unspecified atom stereocenters. The van der Waals surface area contributed by atoms with Crippen molar-refractivity contribution in [1.82, 2.24) is 5.32 Å². The molecule has 0 heterocycles. The molecule has 7 heteroatoms. The SMILES string of the molecule is COCCNCC(=O)Nc1cc(Cl)c(O)c(Cl)c1. The van der Waals surface area contributed by atoms with Gasteiger partial charge in [-0.05, 0) is 12.1 Å².